The van der Waals surface area contributed by atoms with Crippen molar-refractivity contribution in [1.29, 1.82) is 0 Å². The number of aryl methyl sites for hydroxylation is 2. The summed E-state index contributed by atoms with van der Waals surface area (Å²) in [6.07, 6.45) is 4.28. The molecule has 0 bridgehead atoms. The molecule has 1 saturated carbocycles. The van der Waals surface area contributed by atoms with E-state index in [2.05, 4.69) is 5.32 Å². The smallest absolute Gasteiger partial charge is 0.261 e. The Kier molecular flexibility index (Phi) is 9.40. The molecule has 5 nitrogen and oxygen atoms in total. The van der Waals surface area contributed by atoms with E-state index in [9.17, 15) is 14.0 Å². The van der Waals surface area contributed by atoms with Gasteiger partial charge in [0.1, 0.15) is 17.6 Å². The lowest BCUT2D eigenvalue weighted by Gasteiger charge is -2.32. The number of carbonyl (C=O) groups is 2. The van der Waals surface area contributed by atoms with Gasteiger partial charge in [-0.1, -0.05) is 73.0 Å². The number of ether oxygens (including phenoxy) is 1. The fraction of sp³-hybridized carbons (Fsp3) is 0.355. The number of amides is 2. The van der Waals surface area contributed by atoms with Crippen LogP contribution in [0.4, 0.5) is 4.39 Å². The van der Waals surface area contributed by atoms with Crippen LogP contribution in [0.2, 0.25) is 5.02 Å². The third kappa shape index (κ3) is 7.13. The van der Waals surface area contributed by atoms with Crippen LogP contribution in [0, 0.1) is 19.7 Å². The van der Waals surface area contributed by atoms with Crippen molar-refractivity contribution in [1.82, 2.24) is 10.2 Å². The van der Waals surface area contributed by atoms with Crippen molar-refractivity contribution in [3.63, 3.8) is 0 Å². The van der Waals surface area contributed by atoms with Gasteiger partial charge >= 0.3 is 0 Å². The Bertz CT molecular complexity index is 1240. The molecule has 1 fully saturated rings. The summed E-state index contributed by atoms with van der Waals surface area (Å²) < 4.78 is 20.6. The summed E-state index contributed by atoms with van der Waals surface area (Å²) in [6.45, 7) is 3.40. The lowest BCUT2D eigenvalue weighted by atomic mass is 10.0. The van der Waals surface area contributed by atoms with E-state index in [0.717, 1.165) is 42.4 Å². The summed E-state index contributed by atoms with van der Waals surface area (Å²) in [5, 5.41) is 3.80. The lowest BCUT2D eigenvalue weighted by Crippen LogP contribution is -2.53. The Balaban J connectivity index is 1.63. The molecule has 1 N–H and O–H groups in total. The van der Waals surface area contributed by atoms with Crippen LogP contribution in [0.1, 0.15) is 47.9 Å². The Morgan fingerprint density at radius 2 is 1.66 bits per heavy atom. The molecule has 0 heterocycles. The summed E-state index contributed by atoms with van der Waals surface area (Å²) in [4.78, 5) is 28.8. The molecule has 2 amide bonds. The SMILES string of the molecule is Cc1cc(OCC(=O)N(Cc2ccccc2F)[C@@H](Cc2ccccc2)C(=O)NC2CCCC2)cc(C)c1Cl. The molecular formula is C31H34ClFN2O3. The van der Waals surface area contributed by atoms with E-state index < -0.39 is 17.8 Å². The average molecular weight is 537 g/mol. The van der Waals surface area contributed by atoms with E-state index >= 15 is 0 Å². The fourth-order valence-electron chi connectivity index (χ4n) is 4.95. The van der Waals surface area contributed by atoms with Gasteiger partial charge in [-0.15, -0.1) is 0 Å². The monoisotopic (exact) mass is 536 g/mol. The summed E-state index contributed by atoms with van der Waals surface area (Å²) >= 11 is 6.28. The second kappa shape index (κ2) is 12.9. The molecule has 7 heteroatoms. The second-order valence-electron chi connectivity index (χ2n) is 9.97. The predicted octanol–water partition coefficient (Wildman–Crippen LogP) is 6.17. The summed E-state index contributed by atoms with van der Waals surface area (Å²) in [5.74, 6) is -0.548. The maximum absolute atomic E-state index is 14.7. The van der Waals surface area contributed by atoms with Crippen molar-refractivity contribution < 1.29 is 18.7 Å². The second-order valence-corrected chi connectivity index (χ2v) is 10.3. The van der Waals surface area contributed by atoms with E-state index in [4.69, 9.17) is 16.3 Å². The fourth-order valence-corrected chi connectivity index (χ4v) is 5.06. The van der Waals surface area contributed by atoms with Gasteiger partial charge in [-0.05, 0) is 61.6 Å². The molecule has 1 aliphatic rings. The normalized spacial score (nSPS) is 14.2. The van der Waals surface area contributed by atoms with Crippen LogP contribution >= 0.6 is 11.6 Å². The maximum atomic E-state index is 14.7. The zero-order chi connectivity index (χ0) is 27.1. The quantitative estimate of drug-likeness (QED) is 0.337. The van der Waals surface area contributed by atoms with E-state index in [1.54, 1.807) is 30.3 Å². The van der Waals surface area contributed by atoms with Gasteiger partial charge in [-0.25, -0.2) is 4.39 Å². The van der Waals surface area contributed by atoms with Gasteiger partial charge in [0.05, 0.1) is 0 Å². The number of nitrogens with one attached hydrogen (secondary N) is 1. The van der Waals surface area contributed by atoms with Crippen LogP contribution in [0.25, 0.3) is 0 Å². The van der Waals surface area contributed by atoms with Crippen molar-refractivity contribution in [3.05, 3.63) is 99.8 Å². The number of nitrogens with zero attached hydrogens (tertiary/aromatic N) is 1. The van der Waals surface area contributed by atoms with Crippen molar-refractivity contribution in [3.8, 4) is 5.75 Å². The highest BCUT2D eigenvalue weighted by atomic mass is 35.5. The number of carbonyl (C=O) groups excluding carboxylic acids is 2. The minimum Gasteiger partial charge on any atom is -0.484 e. The zero-order valence-electron chi connectivity index (χ0n) is 21.9. The third-order valence-electron chi connectivity index (χ3n) is 7.04. The van der Waals surface area contributed by atoms with E-state index in [-0.39, 0.29) is 25.1 Å². The van der Waals surface area contributed by atoms with Gasteiger partial charge in [0.25, 0.3) is 5.91 Å². The molecule has 0 aliphatic heterocycles. The van der Waals surface area contributed by atoms with Gasteiger partial charge in [0.2, 0.25) is 5.91 Å². The van der Waals surface area contributed by atoms with E-state index in [1.807, 2.05) is 44.2 Å². The molecule has 200 valence electrons. The van der Waals surface area contributed by atoms with Crippen LogP contribution in [-0.4, -0.2) is 35.4 Å². The number of hydrogen-bond acceptors (Lipinski definition) is 3. The first-order valence-corrected chi connectivity index (χ1v) is 13.5. The van der Waals surface area contributed by atoms with E-state index in [0.29, 0.717) is 22.8 Å². The van der Waals surface area contributed by atoms with Crippen LogP contribution in [0.3, 0.4) is 0 Å². The standard InChI is InChI=1S/C31H34ClFN2O3/c1-21-16-26(17-22(2)30(21)32)38-20-29(36)35(19-24-12-6-9-15-27(24)33)28(18-23-10-4-3-5-11-23)31(37)34-25-13-7-8-14-25/h3-6,9-12,15-17,25,28H,7-8,13-14,18-20H2,1-2H3,(H,34,37)/t28-/m0/s1. The first kappa shape index (κ1) is 27.6. The van der Waals surface area contributed by atoms with Crippen LogP contribution in [0.5, 0.6) is 5.75 Å². The molecule has 38 heavy (non-hydrogen) atoms. The van der Waals surface area contributed by atoms with Gasteiger partial charge in [0, 0.05) is 29.6 Å². The molecular weight excluding hydrogens is 503 g/mol. The van der Waals surface area contributed by atoms with Crippen molar-refractivity contribution >= 4 is 23.4 Å². The minimum atomic E-state index is -0.831. The summed E-state index contributed by atoms with van der Waals surface area (Å²) in [5.41, 5.74) is 2.94. The molecule has 0 spiro atoms. The number of halogens is 2. The Hall–Kier alpha value is -3.38. The van der Waals surface area contributed by atoms with Gasteiger partial charge in [0.15, 0.2) is 6.61 Å². The Morgan fingerprint density at radius 1 is 1.03 bits per heavy atom. The van der Waals surface area contributed by atoms with Crippen molar-refractivity contribution in [2.75, 3.05) is 6.61 Å². The topological polar surface area (TPSA) is 58.6 Å². The molecule has 1 aliphatic carbocycles. The zero-order valence-corrected chi connectivity index (χ0v) is 22.6. The largest absolute Gasteiger partial charge is 0.484 e. The summed E-state index contributed by atoms with van der Waals surface area (Å²) in [6, 6.07) is 18.7. The maximum Gasteiger partial charge on any atom is 0.261 e. The predicted molar refractivity (Wildman–Crippen MR) is 148 cm³/mol. The third-order valence-corrected chi connectivity index (χ3v) is 7.64. The Labute approximate surface area is 228 Å². The average Bonchev–Trinajstić information content (AvgIpc) is 3.42. The first-order chi connectivity index (χ1) is 18.3. The summed E-state index contributed by atoms with van der Waals surface area (Å²) in [7, 11) is 0. The highest BCUT2D eigenvalue weighted by Crippen LogP contribution is 2.26. The minimum absolute atomic E-state index is 0.0525. The lowest BCUT2D eigenvalue weighted by molar-refractivity contribution is -0.143. The van der Waals surface area contributed by atoms with Crippen LogP contribution < -0.4 is 10.1 Å². The molecule has 4 rings (SSSR count). The first-order valence-electron chi connectivity index (χ1n) is 13.1. The van der Waals surface area contributed by atoms with Gasteiger partial charge in [-0.3, -0.25) is 9.59 Å². The molecule has 3 aromatic carbocycles. The highest BCUT2D eigenvalue weighted by Gasteiger charge is 2.33. The molecule has 0 radical (unpaired) electrons. The van der Waals surface area contributed by atoms with Crippen molar-refractivity contribution in [2.24, 2.45) is 0 Å². The molecule has 1 atom stereocenters. The highest BCUT2D eigenvalue weighted by molar-refractivity contribution is 6.32. The van der Waals surface area contributed by atoms with E-state index in [1.165, 1.54) is 11.0 Å². The molecule has 3 aromatic rings. The molecule has 0 saturated heterocycles. The number of hydrogen-bond donors (Lipinski definition) is 1. The number of benzene rings is 3. The van der Waals surface area contributed by atoms with Gasteiger partial charge < -0.3 is 15.0 Å². The number of rotatable bonds is 10. The van der Waals surface area contributed by atoms with Crippen LogP contribution in [-0.2, 0) is 22.6 Å². The van der Waals surface area contributed by atoms with Gasteiger partial charge in [-0.2, -0.15) is 0 Å². The molecule has 0 aromatic heterocycles. The van der Waals surface area contributed by atoms with Crippen molar-refractivity contribution in [2.45, 2.75) is 64.6 Å². The molecule has 0 unspecified atom stereocenters. The Morgan fingerprint density at radius 3 is 2.32 bits per heavy atom. The van der Waals surface area contributed by atoms with Crippen LogP contribution in [0.15, 0.2) is 66.7 Å².